The molecular weight excluding hydrogens is 150 g/mol. The van der Waals surface area contributed by atoms with Crippen molar-refractivity contribution in [3.8, 4) is 0 Å². The molecule has 0 saturated carbocycles. The molecule has 0 fully saturated rings. The highest BCUT2D eigenvalue weighted by Gasteiger charge is 1.99. The van der Waals surface area contributed by atoms with Gasteiger partial charge in [0, 0.05) is 12.8 Å². The second-order valence-electron chi connectivity index (χ2n) is 1.64. The fourth-order valence-electron chi connectivity index (χ4n) is 0.391. The second-order valence-corrected chi connectivity index (χ2v) is 1.64. The third-order valence-electron chi connectivity index (χ3n) is 0.781. The van der Waals surface area contributed by atoms with E-state index in [2.05, 4.69) is 5.73 Å². The van der Waals surface area contributed by atoms with E-state index in [9.17, 15) is 9.59 Å². The SMILES string of the molecule is CN.O=C(O)CCCC(=O)O. The molecular formula is C6H13NO4. The van der Waals surface area contributed by atoms with Crippen LogP contribution in [0.1, 0.15) is 19.3 Å². The van der Waals surface area contributed by atoms with E-state index < -0.39 is 11.9 Å². The first-order chi connectivity index (χ1) is 5.13. The fraction of sp³-hybridized carbons (Fsp3) is 0.667. The van der Waals surface area contributed by atoms with Gasteiger partial charge in [0.25, 0.3) is 0 Å². The van der Waals surface area contributed by atoms with Crippen molar-refractivity contribution < 1.29 is 19.8 Å². The molecule has 0 aromatic rings. The maximum absolute atomic E-state index is 9.79. The third kappa shape index (κ3) is 17.6. The van der Waals surface area contributed by atoms with Gasteiger partial charge in [-0.2, -0.15) is 0 Å². The van der Waals surface area contributed by atoms with Gasteiger partial charge in [0.05, 0.1) is 0 Å². The topological polar surface area (TPSA) is 101 Å². The van der Waals surface area contributed by atoms with E-state index in [4.69, 9.17) is 10.2 Å². The van der Waals surface area contributed by atoms with Crippen LogP contribution in [-0.2, 0) is 9.59 Å². The van der Waals surface area contributed by atoms with Crippen LogP contribution in [0, 0.1) is 0 Å². The molecule has 5 heteroatoms. The summed E-state index contributed by atoms with van der Waals surface area (Å²) in [4.78, 5) is 19.6. The van der Waals surface area contributed by atoms with Gasteiger partial charge in [-0.25, -0.2) is 0 Å². The minimum Gasteiger partial charge on any atom is -0.481 e. The van der Waals surface area contributed by atoms with Crippen LogP contribution in [-0.4, -0.2) is 29.2 Å². The predicted octanol–water partition coefficient (Wildman–Crippen LogP) is -0.0992. The summed E-state index contributed by atoms with van der Waals surface area (Å²) in [5.41, 5.74) is 4.50. The number of carboxylic acids is 2. The Morgan fingerprint density at radius 1 is 1.09 bits per heavy atom. The molecule has 0 rings (SSSR count). The Balaban J connectivity index is 0. The molecule has 11 heavy (non-hydrogen) atoms. The van der Waals surface area contributed by atoms with Crippen LogP contribution < -0.4 is 5.73 Å². The summed E-state index contributed by atoms with van der Waals surface area (Å²) in [6, 6.07) is 0. The molecule has 0 bridgehead atoms. The Bertz CT molecular complexity index is 110. The molecule has 66 valence electrons. The molecule has 0 aromatic carbocycles. The van der Waals surface area contributed by atoms with Gasteiger partial charge in [0.2, 0.25) is 0 Å². The van der Waals surface area contributed by atoms with E-state index in [0.717, 1.165) is 0 Å². The zero-order chi connectivity index (χ0) is 9.28. The summed E-state index contributed by atoms with van der Waals surface area (Å²) < 4.78 is 0. The first-order valence-electron chi connectivity index (χ1n) is 3.14. The molecule has 4 N–H and O–H groups in total. The van der Waals surface area contributed by atoms with Crippen LogP contribution in [0.4, 0.5) is 0 Å². The molecule has 0 aliphatic rings. The van der Waals surface area contributed by atoms with Gasteiger partial charge in [-0.1, -0.05) is 0 Å². The molecule has 0 aromatic heterocycles. The zero-order valence-corrected chi connectivity index (χ0v) is 6.41. The van der Waals surface area contributed by atoms with Gasteiger partial charge in [0.15, 0.2) is 0 Å². The van der Waals surface area contributed by atoms with Gasteiger partial charge < -0.3 is 15.9 Å². The molecule has 0 atom stereocenters. The van der Waals surface area contributed by atoms with Crippen LogP contribution in [0.15, 0.2) is 0 Å². The first-order valence-corrected chi connectivity index (χ1v) is 3.14. The van der Waals surface area contributed by atoms with Crippen molar-refractivity contribution in [2.75, 3.05) is 7.05 Å². The smallest absolute Gasteiger partial charge is 0.303 e. The largest absolute Gasteiger partial charge is 0.481 e. The lowest BCUT2D eigenvalue weighted by atomic mass is 10.2. The van der Waals surface area contributed by atoms with Crippen molar-refractivity contribution in [3.05, 3.63) is 0 Å². The Morgan fingerprint density at radius 3 is 1.55 bits per heavy atom. The minimum absolute atomic E-state index is 0.0632. The number of aliphatic carboxylic acids is 2. The Morgan fingerprint density at radius 2 is 1.36 bits per heavy atom. The number of nitrogens with two attached hydrogens (primary N) is 1. The van der Waals surface area contributed by atoms with Crippen molar-refractivity contribution in [3.63, 3.8) is 0 Å². The maximum Gasteiger partial charge on any atom is 0.303 e. The van der Waals surface area contributed by atoms with Crippen LogP contribution in [0.2, 0.25) is 0 Å². The fourth-order valence-corrected chi connectivity index (χ4v) is 0.391. The molecule has 0 radical (unpaired) electrons. The van der Waals surface area contributed by atoms with E-state index in [-0.39, 0.29) is 19.3 Å². The van der Waals surface area contributed by atoms with E-state index in [0.29, 0.717) is 0 Å². The van der Waals surface area contributed by atoms with Gasteiger partial charge in [0.1, 0.15) is 0 Å². The molecule has 5 nitrogen and oxygen atoms in total. The molecule has 0 saturated heterocycles. The van der Waals surface area contributed by atoms with Gasteiger partial charge in [-0.05, 0) is 13.5 Å². The van der Waals surface area contributed by atoms with Crippen LogP contribution in [0.3, 0.4) is 0 Å². The molecule has 0 aliphatic heterocycles. The van der Waals surface area contributed by atoms with Crippen molar-refractivity contribution in [1.82, 2.24) is 0 Å². The normalized spacial score (nSPS) is 7.82. The average molecular weight is 163 g/mol. The lowest BCUT2D eigenvalue weighted by Crippen LogP contribution is -1.98. The summed E-state index contributed by atoms with van der Waals surface area (Å²) in [6.07, 6.45) is 0.0866. The lowest BCUT2D eigenvalue weighted by Gasteiger charge is -1.89. The minimum atomic E-state index is -0.948. The standard InChI is InChI=1S/C5H8O4.CH5N/c6-4(7)2-1-3-5(8)9;1-2/h1-3H2,(H,6,7)(H,8,9);2H2,1H3. The highest BCUT2D eigenvalue weighted by atomic mass is 16.4. The second kappa shape index (κ2) is 8.90. The monoisotopic (exact) mass is 163 g/mol. The number of carboxylic acid groups (broad SMARTS) is 2. The van der Waals surface area contributed by atoms with Gasteiger partial charge >= 0.3 is 11.9 Å². The molecule has 0 amide bonds. The van der Waals surface area contributed by atoms with Crippen LogP contribution >= 0.6 is 0 Å². The Hall–Kier alpha value is -1.10. The van der Waals surface area contributed by atoms with Gasteiger partial charge in [-0.3, -0.25) is 9.59 Å². The van der Waals surface area contributed by atoms with Crippen LogP contribution in [0.5, 0.6) is 0 Å². The molecule has 0 heterocycles. The van der Waals surface area contributed by atoms with E-state index in [1.165, 1.54) is 7.05 Å². The van der Waals surface area contributed by atoms with Crippen molar-refractivity contribution in [2.24, 2.45) is 5.73 Å². The summed E-state index contributed by atoms with van der Waals surface area (Å²) in [5.74, 6) is -1.90. The van der Waals surface area contributed by atoms with Gasteiger partial charge in [-0.15, -0.1) is 0 Å². The molecule has 0 spiro atoms. The van der Waals surface area contributed by atoms with E-state index in [1.54, 1.807) is 0 Å². The summed E-state index contributed by atoms with van der Waals surface area (Å²) in [7, 11) is 1.50. The van der Waals surface area contributed by atoms with Crippen molar-refractivity contribution in [2.45, 2.75) is 19.3 Å². The van der Waals surface area contributed by atoms with Crippen LogP contribution in [0.25, 0.3) is 0 Å². The highest BCUT2D eigenvalue weighted by Crippen LogP contribution is 1.93. The highest BCUT2D eigenvalue weighted by molar-refractivity contribution is 5.69. The molecule has 0 aliphatic carbocycles. The van der Waals surface area contributed by atoms with E-state index in [1.807, 2.05) is 0 Å². The zero-order valence-electron chi connectivity index (χ0n) is 6.41. The number of hydrogen-bond acceptors (Lipinski definition) is 3. The third-order valence-corrected chi connectivity index (χ3v) is 0.781. The number of carbonyl (C=O) groups is 2. The average Bonchev–Trinajstić information content (AvgIpc) is 1.90. The first kappa shape index (κ1) is 12.6. The van der Waals surface area contributed by atoms with Crippen molar-refractivity contribution in [1.29, 1.82) is 0 Å². The number of rotatable bonds is 4. The lowest BCUT2D eigenvalue weighted by molar-refractivity contribution is -0.138. The predicted molar refractivity (Wildman–Crippen MR) is 39.2 cm³/mol. The maximum atomic E-state index is 9.79. The Kier molecular flexibility index (Phi) is 10.2. The summed E-state index contributed by atoms with van der Waals surface area (Å²) >= 11 is 0. The Labute approximate surface area is 64.8 Å². The quantitative estimate of drug-likeness (QED) is 0.537. The number of hydrogen-bond donors (Lipinski definition) is 3. The van der Waals surface area contributed by atoms with E-state index >= 15 is 0 Å². The van der Waals surface area contributed by atoms with Crippen molar-refractivity contribution >= 4 is 11.9 Å². The molecule has 0 unspecified atom stereocenters. The summed E-state index contributed by atoms with van der Waals surface area (Å²) in [6.45, 7) is 0. The summed E-state index contributed by atoms with van der Waals surface area (Å²) in [5, 5.41) is 16.1.